The normalized spacial score (nSPS) is 14.7. The molecule has 0 amide bonds. The van der Waals surface area contributed by atoms with Crippen LogP contribution in [0, 0.1) is 0 Å². The minimum atomic E-state index is -4.51. The maximum Gasteiger partial charge on any atom is 0.416 e. The fourth-order valence-corrected chi connectivity index (χ4v) is 2.93. The molecule has 0 N–H and O–H groups in total. The van der Waals surface area contributed by atoms with Gasteiger partial charge in [-0.25, -0.2) is 0 Å². The number of alkyl halides is 3. The smallest absolute Gasteiger partial charge is 0.416 e. The SMILES string of the molecule is CCOC(=O)C(CC)S(=O)c1cccc(C(F)(F)F)c1. The molecule has 0 spiro atoms. The molecule has 1 rings (SSSR count). The molecule has 0 radical (unpaired) electrons. The standard InChI is InChI=1S/C13H15F3O3S/c1-3-11(12(17)19-4-2)20(18)10-7-5-6-9(8-10)13(14,15)16/h5-8,11H,3-4H2,1-2H3. The second kappa shape index (κ2) is 6.88. The van der Waals surface area contributed by atoms with E-state index >= 15 is 0 Å². The van der Waals surface area contributed by atoms with E-state index < -0.39 is 33.8 Å². The summed E-state index contributed by atoms with van der Waals surface area (Å²) in [5.74, 6) is -0.661. The molecule has 0 fully saturated rings. The Labute approximate surface area is 117 Å². The van der Waals surface area contributed by atoms with E-state index in [1.807, 2.05) is 0 Å². The van der Waals surface area contributed by atoms with Crippen LogP contribution in [0.25, 0.3) is 0 Å². The third-order valence-corrected chi connectivity index (χ3v) is 4.33. The van der Waals surface area contributed by atoms with Crippen molar-refractivity contribution in [2.24, 2.45) is 0 Å². The van der Waals surface area contributed by atoms with Crippen molar-refractivity contribution in [2.45, 2.75) is 36.6 Å². The largest absolute Gasteiger partial charge is 0.465 e. The predicted molar refractivity (Wildman–Crippen MR) is 68.6 cm³/mol. The second-order valence-electron chi connectivity index (χ2n) is 3.97. The fourth-order valence-electron chi connectivity index (χ4n) is 1.60. The van der Waals surface area contributed by atoms with Gasteiger partial charge in [-0.1, -0.05) is 13.0 Å². The topological polar surface area (TPSA) is 43.4 Å². The van der Waals surface area contributed by atoms with Crippen molar-refractivity contribution in [3.63, 3.8) is 0 Å². The zero-order valence-electron chi connectivity index (χ0n) is 11.1. The summed E-state index contributed by atoms with van der Waals surface area (Å²) in [6.07, 6.45) is -4.28. The molecule has 1 aromatic rings. The van der Waals surface area contributed by atoms with Crippen molar-refractivity contribution in [2.75, 3.05) is 6.61 Å². The summed E-state index contributed by atoms with van der Waals surface area (Å²) in [6.45, 7) is 3.38. The number of benzene rings is 1. The molecular formula is C13H15F3O3S. The van der Waals surface area contributed by atoms with Gasteiger partial charge in [-0.3, -0.25) is 9.00 Å². The molecule has 0 heterocycles. The average molecular weight is 308 g/mol. The van der Waals surface area contributed by atoms with Gasteiger partial charge in [-0.05, 0) is 31.5 Å². The highest BCUT2D eigenvalue weighted by Crippen LogP contribution is 2.30. The van der Waals surface area contributed by atoms with Gasteiger partial charge in [0.2, 0.25) is 0 Å². The number of ether oxygens (including phenoxy) is 1. The van der Waals surface area contributed by atoms with Crippen LogP contribution in [-0.4, -0.2) is 22.0 Å². The van der Waals surface area contributed by atoms with Crippen LogP contribution in [0.2, 0.25) is 0 Å². The van der Waals surface area contributed by atoms with Crippen molar-refractivity contribution in [3.05, 3.63) is 29.8 Å². The van der Waals surface area contributed by atoms with Gasteiger partial charge in [0.1, 0.15) is 5.25 Å². The lowest BCUT2D eigenvalue weighted by atomic mass is 10.2. The lowest BCUT2D eigenvalue weighted by Gasteiger charge is -2.14. The number of halogens is 3. The summed E-state index contributed by atoms with van der Waals surface area (Å²) in [5, 5.41) is -0.960. The van der Waals surface area contributed by atoms with Crippen molar-refractivity contribution in [3.8, 4) is 0 Å². The molecule has 2 unspecified atom stereocenters. The molecule has 1 aromatic carbocycles. The van der Waals surface area contributed by atoms with Gasteiger partial charge in [-0.2, -0.15) is 13.2 Å². The molecule has 7 heteroatoms. The van der Waals surface area contributed by atoms with Crippen LogP contribution in [0.4, 0.5) is 13.2 Å². The lowest BCUT2D eigenvalue weighted by molar-refractivity contribution is -0.142. The van der Waals surface area contributed by atoms with E-state index in [1.54, 1.807) is 13.8 Å². The number of esters is 1. The molecule has 0 aliphatic heterocycles. The van der Waals surface area contributed by atoms with Crippen molar-refractivity contribution in [1.82, 2.24) is 0 Å². The van der Waals surface area contributed by atoms with Crippen LogP contribution in [0.1, 0.15) is 25.8 Å². The number of hydrogen-bond acceptors (Lipinski definition) is 3. The number of hydrogen-bond donors (Lipinski definition) is 0. The zero-order valence-corrected chi connectivity index (χ0v) is 11.9. The zero-order chi connectivity index (χ0) is 15.3. The van der Waals surface area contributed by atoms with Gasteiger partial charge >= 0.3 is 12.1 Å². The van der Waals surface area contributed by atoms with E-state index in [1.165, 1.54) is 12.1 Å². The van der Waals surface area contributed by atoms with Gasteiger partial charge in [0, 0.05) is 4.90 Å². The molecule has 0 bridgehead atoms. The highest BCUT2D eigenvalue weighted by atomic mass is 32.2. The molecule has 20 heavy (non-hydrogen) atoms. The van der Waals surface area contributed by atoms with Gasteiger partial charge in [0.05, 0.1) is 23.0 Å². The Morgan fingerprint density at radius 2 is 2.00 bits per heavy atom. The first-order chi connectivity index (χ1) is 9.31. The summed E-state index contributed by atoms with van der Waals surface area (Å²) in [6, 6.07) is 4.19. The fraction of sp³-hybridized carbons (Fsp3) is 0.462. The Morgan fingerprint density at radius 1 is 1.35 bits per heavy atom. The first-order valence-electron chi connectivity index (χ1n) is 6.05. The molecule has 0 aromatic heterocycles. The van der Waals surface area contributed by atoms with Crippen LogP contribution in [0.15, 0.2) is 29.2 Å². The summed E-state index contributed by atoms with van der Waals surface area (Å²) in [5.41, 5.74) is -0.887. The number of carbonyl (C=O) groups is 1. The highest BCUT2D eigenvalue weighted by molar-refractivity contribution is 7.86. The molecule has 2 atom stereocenters. The maximum atomic E-state index is 12.6. The van der Waals surface area contributed by atoms with Crippen LogP contribution >= 0.6 is 0 Å². The Kier molecular flexibility index (Phi) is 5.74. The van der Waals surface area contributed by atoms with E-state index in [2.05, 4.69) is 0 Å². The van der Waals surface area contributed by atoms with Crippen molar-refractivity contribution < 1.29 is 26.9 Å². The summed E-state index contributed by atoms with van der Waals surface area (Å²) in [7, 11) is -1.87. The van der Waals surface area contributed by atoms with Gasteiger partial charge < -0.3 is 4.74 Å². The first-order valence-corrected chi connectivity index (χ1v) is 7.27. The van der Waals surface area contributed by atoms with Crippen LogP contribution in [0.5, 0.6) is 0 Å². The highest BCUT2D eigenvalue weighted by Gasteiger charge is 2.32. The summed E-state index contributed by atoms with van der Waals surface area (Å²) < 4.78 is 54.8. The van der Waals surface area contributed by atoms with Crippen LogP contribution < -0.4 is 0 Å². The monoisotopic (exact) mass is 308 g/mol. The van der Waals surface area contributed by atoms with Gasteiger partial charge in [0.25, 0.3) is 0 Å². The summed E-state index contributed by atoms with van der Waals surface area (Å²) in [4.78, 5) is 11.6. The van der Waals surface area contributed by atoms with E-state index in [4.69, 9.17) is 4.74 Å². The molecular weight excluding hydrogens is 293 g/mol. The predicted octanol–water partition coefficient (Wildman–Crippen LogP) is 3.15. The van der Waals surface area contributed by atoms with E-state index in [9.17, 15) is 22.2 Å². The van der Waals surface area contributed by atoms with Gasteiger partial charge in [0.15, 0.2) is 0 Å². The molecule has 3 nitrogen and oxygen atoms in total. The first kappa shape index (κ1) is 16.7. The van der Waals surface area contributed by atoms with E-state index in [0.717, 1.165) is 12.1 Å². The van der Waals surface area contributed by atoms with Crippen molar-refractivity contribution in [1.29, 1.82) is 0 Å². The van der Waals surface area contributed by atoms with E-state index in [0.29, 0.717) is 0 Å². The van der Waals surface area contributed by atoms with Crippen LogP contribution in [-0.2, 0) is 26.5 Å². The average Bonchev–Trinajstić information content (AvgIpc) is 2.39. The molecule has 0 aliphatic rings. The second-order valence-corrected chi connectivity index (χ2v) is 5.61. The minimum absolute atomic E-state index is 0.0280. The molecule has 0 saturated carbocycles. The van der Waals surface area contributed by atoms with Crippen molar-refractivity contribution >= 4 is 16.8 Å². The quantitative estimate of drug-likeness (QED) is 0.785. The number of rotatable bonds is 5. The maximum absolute atomic E-state index is 12.6. The Morgan fingerprint density at radius 3 is 2.50 bits per heavy atom. The van der Waals surface area contributed by atoms with Gasteiger partial charge in [-0.15, -0.1) is 0 Å². The van der Waals surface area contributed by atoms with E-state index in [-0.39, 0.29) is 17.9 Å². The van der Waals surface area contributed by atoms with Crippen LogP contribution in [0.3, 0.4) is 0 Å². The third-order valence-electron chi connectivity index (χ3n) is 2.57. The minimum Gasteiger partial charge on any atom is -0.465 e. The lowest BCUT2D eigenvalue weighted by Crippen LogP contribution is -2.27. The molecule has 0 saturated heterocycles. The number of carbonyl (C=O) groups excluding carboxylic acids is 1. The molecule has 0 aliphatic carbocycles. The Hall–Kier alpha value is -1.37. The third kappa shape index (κ3) is 4.06. The Balaban J connectivity index is 3.04. The Bertz CT molecular complexity index is 500. The summed E-state index contributed by atoms with van der Waals surface area (Å²) >= 11 is 0. The molecule has 112 valence electrons.